The summed E-state index contributed by atoms with van der Waals surface area (Å²) in [6.07, 6.45) is 6.14. The van der Waals surface area contributed by atoms with E-state index in [4.69, 9.17) is 4.74 Å². The summed E-state index contributed by atoms with van der Waals surface area (Å²) in [5, 5.41) is 98.7. The molecule has 0 aromatic carbocycles. The highest BCUT2D eigenvalue weighted by atomic mass is 16.5. The van der Waals surface area contributed by atoms with E-state index in [0.717, 1.165) is 57.2 Å². The fourth-order valence-corrected chi connectivity index (χ4v) is 5.22. The van der Waals surface area contributed by atoms with Gasteiger partial charge < -0.3 is 55.8 Å². The summed E-state index contributed by atoms with van der Waals surface area (Å²) < 4.78 is 5.39. The summed E-state index contributed by atoms with van der Waals surface area (Å²) >= 11 is 0. The number of ether oxygens (including phenoxy) is 1. The minimum Gasteiger partial charge on any atom is -0.478 e. The molecule has 0 aliphatic heterocycles. The second-order valence-electron chi connectivity index (χ2n) is 11.5. The smallest absolute Gasteiger partial charge is 0.330 e. The van der Waals surface area contributed by atoms with Crippen LogP contribution < -0.4 is 0 Å². The number of aliphatic hydroxyl groups is 5. The molecule has 10 N–H and O–H groups in total. The number of hydrogen-bond donors (Lipinski definition) is 10. The number of rotatable bonds is 23. The Kier molecular flexibility index (Phi) is 17.9. The van der Waals surface area contributed by atoms with E-state index in [2.05, 4.69) is 0 Å². The van der Waals surface area contributed by atoms with Gasteiger partial charge in [0.05, 0.1) is 19.8 Å². The van der Waals surface area contributed by atoms with Gasteiger partial charge in [0.15, 0.2) is 0 Å². The van der Waals surface area contributed by atoms with Crippen molar-refractivity contribution in [3.05, 3.63) is 71.4 Å². The van der Waals surface area contributed by atoms with Crippen LogP contribution in [-0.4, -0.2) is 127 Å². The number of carbonyl (C=O) groups excluding carboxylic acids is 1. The molecule has 0 bridgehead atoms. The Labute approximate surface area is 286 Å². The molecule has 0 aromatic heterocycles. The lowest BCUT2D eigenvalue weighted by atomic mass is 9.60. The van der Waals surface area contributed by atoms with Gasteiger partial charge in [0, 0.05) is 69.8 Å². The molecule has 278 valence electrons. The maximum Gasteiger partial charge on any atom is 0.330 e. The highest BCUT2D eigenvalue weighted by Crippen LogP contribution is 2.49. The molecule has 0 radical (unpaired) electrons. The van der Waals surface area contributed by atoms with E-state index < -0.39 is 127 Å². The van der Waals surface area contributed by atoms with Crippen LogP contribution in [0.3, 0.4) is 0 Å². The number of hydrogen-bond acceptors (Lipinski definition) is 12. The van der Waals surface area contributed by atoms with Crippen molar-refractivity contribution in [2.24, 2.45) is 21.7 Å². The van der Waals surface area contributed by atoms with Crippen LogP contribution in [0, 0.1) is 21.7 Å². The first-order chi connectivity index (χ1) is 23.2. The van der Waals surface area contributed by atoms with Gasteiger partial charge in [0.2, 0.25) is 0 Å². The highest BCUT2D eigenvalue weighted by molar-refractivity contribution is 5.89. The Balaban J connectivity index is 7.78. The number of esters is 1. The van der Waals surface area contributed by atoms with E-state index in [9.17, 15) is 79.8 Å². The van der Waals surface area contributed by atoms with Crippen LogP contribution in [0.25, 0.3) is 0 Å². The molecule has 0 fully saturated rings. The number of carbonyl (C=O) groups is 6. The zero-order valence-corrected chi connectivity index (χ0v) is 27.7. The molecule has 0 saturated carbocycles. The van der Waals surface area contributed by atoms with Gasteiger partial charge >= 0.3 is 35.8 Å². The second kappa shape index (κ2) is 19.9. The molecule has 1 atom stereocenters. The minimum atomic E-state index is -2.18. The van der Waals surface area contributed by atoms with Crippen LogP contribution in [0.4, 0.5) is 0 Å². The zero-order valence-electron chi connectivity index (χ0n) is 27.7. The molecule has 17 heteroatoms. The van der Waals surface area contributed by atoms with Gasteiger partial charge in [0.25, 0.3) is 0 Å². The summed E-state index contributed by atoms with van der Waals surface area (Å²) in [6, 6.07) is 0. The molecule has 0 amide bonds. The molecule has 17 nitrogen and oxygen atoms in total. The lowest BCUT2D eigenvalue weighted by Gasteiger charge is -2.45. The van der Waals surface area contributed by atoms with Gasteiger partial charge in [0.1, 0.15) is 6.61 Å². The van der Waals surface area contributed by atoms with Crippen LogP contribution in [0.2, 0.25) is 0 Å². The van der Waals surface area contributed by atoms with Gasteiger partial charge in [-0.2, -0.15) is 0 Å². The van der Waals surface area contributed by atoms with Gasteiger partial charge in [-0.1, -0.05) is 36.5 Å². The largest absolute Gasteiger partial charge is 0.478 e. The summed E-state index contributed by atoms with van der Waals surface area (Å²) in [5.74, 6) is -8.96. The van der Waals surface area contributed by atoms with Crippen LogP contribution in [0.15, 0.2) is 71.4 Å². The molecule has 1 unspecified atom stereocenters. The van der Waals surface area contributed by atoms with Crippen molar-refractivity contribution in [2.75, 3.05) is 39.6 Å². The number of aliphatic carboxylic acids is 5. The van der Waals surface area contributed by atoms with E-state index in [1.807, 2.05) is 0 Å². The van der Waals surface area contributed by atoms with Gasteiger partial charge in [-0.05, 0) is 33.6 Å². The number of carboxylic acids is 5. The monoisotopic (exact) mass is 712 g/mol. The molecule has 0 aliphatic carbocycles. The quantitative estimate of drug-likeness (QED) is 0.0498. The molecular weight excluding hydrogens is 668 g/mol. The summed E-state index contributed by atoms with van der Waals surface area (Å²) in [7, 11) is 0. The van der Waals surface area contributed by atoms with E-state index in [-0.39, 0.29) is 0 Å². The van der Waals surface area contributed by atoms with Gasteiger partial charge in [-0.15, -0.1) is 0 Å². The SMILES string of the molecule is CC(=CC(C=C(C)C(=O)O)(C=C(C)C(=O)O)C(CO)(CCO)COC(=O)C=CC(C=CC(=O)O)(C=CC(=O)O)C(CO)(CO)CCO)C(=O)O. The van der Waals surface area contributed by atoms with Crippen molar-refractivity contribution in [3.63, 3.8) is 0 Å². The third kappa shape index (κ3) is 11.6. The molecule has 0 spiro atoms. The van der Waals surface area contributed by atoms with Crippen LogP contribution in [-0.2, 0) is 33.5 Å². The highest BCUT2D eigenvalue weighted by Gasteiger charge is 2.50. The number of carboxylic acid groups (broad SMARTS) is 5. The predicted octanol–water partition coefficient (Wildman–Crippen LogP) is 0.147. The number of allylic oxidation sites excluding steroid dienone is 6. The van der Waals surface area contributed by atoms with Crippen LogP contribution >= 0.6 is 0 Å². The standard InChI is InChI=1S/C33H44O17/c1-21(27(44)45)14-33(15-22(2)28(46)47,16-23(3)29(48)49)32(19-38,11-13-35)20-50-26(43)6-9-30(7-4-24(39)40,8-5-25(41)42)31(17-36,18-37)10-12-34/h4-9,14-16,34-38H,10-13,17-20H2,1-3H3,(H,39,40)(H,41,42)(H,44,45)(H,46,47)(H,48,49). The first kappa shape index (κ1) is 45.1. The van der Waals surface area contributed by atoms with Crippen molar-refractivity contribution in [1.82, 2.24) is 0 Å². The topological polar surface area (TPSA) is 314 Å². The van der Waals surface area contributed by atoms with E-state index in [1.165, 1.54) is 0 Å². The third-order valence-electron chi connectivity index (χ3n) is 8.29. The van der Waals surface area contributed by atoms with Crippen molar-refractivity contribution < 1.29 is 84.6 Å². The first-order valence-corrected chi connectivity index (χ1v) is 14.8. The normalized spacial score (nSPS) is 16.9. The molecule has 0 aromatic rings. The number of aliphatic hydroxyl groups excluding tert-OH is 5. The molecule has 50 heavy (non-hydrogen) atoms. The van der Waals surface area contributed by atoms with Crippen molar-refractivity contribution in [2.45, 2.75) is 33.6 Å². The van der Waals surface area contributed by atoms with Crippen molar-refractivity contribution >= 4 is 35.8 Å². The van der Waals surface area contributed by atoms with E-state index in [0.29, 0.717) is 18.2 Å². The molecule has 0 heterocycles. The first-order valence-electron chi connectivity index (χ1n) is 14.8. The summed E-state index contributed by atoms with van der Waals surface area (Å²) in [6.45, 7) is -2.15. The van der Waals surface area contributed by atoms with E-state index in [1.54, 1.807) is 0 Å². The predicted molar refractivity (Wildman–Crippen MR) is 172 cm³/mol. The Hall–Kier alpha value is -4.94. The molecule has 0 saturated heterocycles. The van der Waals surface area contributed by atoms with Crippen molar-refractivity contribution in [1.29, 1.82) is 0 Å². The van der Waals surface area contributed by atoms with E-state index >= 15 is 0 Å². The Morgan fingerprint density at radius 3 is 1.16 bits per heavy atom. The maximum atomic E-state index is 13.3. The van der Waals surface area contributed by atoms with Crippen LogP contribution in [0.1, 0.15) is 33.6 Å². The Morgan fingerprint density at radius 2 is 0.860 bits per heavy atom. The summed E-state index contributed by atoms with van der Waals surface area (Å²) in [4.78, 5) is 71.9. The van der Waals surface area contributed by atoms with Gasteiger partial charge in [-0.3, -0.25) is 0 Å². The average molecular weight is 713 g/mol. The maximum absolute atomic E-state index is 13.3. The fourth-order valence-electron chi connectivity index (χ4n) is 5.22. The van der Waals surface area contributed by atoms with Gasteiger partial charge in [-0.25, -0.2) is 28.8 Å². The lowest BCUT2D eigenvalue weighted by molar-refractivity contribution is -0.146. The Bertz CT molecular complexity index is 1340. The van der Waals surface area contributed by atoms with Crippen molar-refractivity contribution in [3.8, 4) is 0 Å². The average Bonchev–Trinajstić information content (AvgIpc) is 3.04. The zero-order chi connectivity index (χ0) is 38.9. The third-order valence-corrected chi connectivity index (χ3v) is 8.29. The molecule has 0 rings (SSSR count). The fraction of sp³-hybridized carbons (Fsp3) is 0.455. The second-order valence-corrected chi connectivity index (χ2v) is 11.5. The Morgan fingerprint density at radius 1 is 0.520 bits per heavy atom. The lowest BCUT2D eigenvalue weighted by Crippen LogP contribution is -2.47. The molecular formula is C33H44O17. The summed E-state index contributed by atoms with van der Waals surface area (Å²) in [5.41, 5.74) is -9.60. The molecule has 0 aliphatic rings. The minimum absolute atomic E-state index is 0.445. The van der Waals surface area contributed by atoms with Crippen LogP contribution in [0.5, 0.6) is 0 Å².